The van der Waals surface area contributed by atoms with E-state index >= 15 is 0 Å². The molecule has 26 heavy (non-hydrogen) atoms. The second kappa shape index (κ2) is 6.57. The van der Waals surface area contributed by atoms with Crippen molar-refractivity contribution in [2.75, 3.05) is 0 Å². The number of benzene rings is 2. The first-order valence-electron chi connectivity index (χ1n) is 8.40. The van der Waals surface area contributed by atoms with Gasteiger partial charge in [-0.05, 0) is 30.2 Å². The van der Waals surface area contributed by atoms with E-state index in [1.165, 1.54) is 0 Å². The summed E-state index contributed by atoms with van der Waals surface area (Å²) in [5, 5.41) is 9.41. The van der Waals surface area contributed by atoms with Gasteiger partial charge in [-0.25, -0.2) is 19.3 Å². The number of hydrogen-bond donors (Lipinski definition) is 1. The highest BCUT2D eigenvalue weighted by Crippen LogP contribution is 2.22. The maximum absolute atomic E-state index is 13.3. The maximum atomic E-state index is 13.3. The summed E-state index contributed by atoms with van der Waals surface area (Å²) < 4.78 is 3.20. The highest BCUT2D eigenvalue weighted by Gasteiger charge is 2.21. The van der Waals surface area contributed by atoms with Crippen molar-refractivity contribution in [1.82, 2.24) is 19.1 Å². The highest BCUT2D eigenvalue weighted by molar-refractivity contribution is 5.69. The molecule has 0 radical (unpaired) electrons. The highest BCUT2D eigenvalue weighted by atomic mass is 16.3. The number of aliphatic hydroxyl groups is 1. The van der Waals surface area contributed by atoms with Gasteiger partial charge >= 0.3 is 5.69 Å². The number of nitrogens with zero attached hydrogens (tertiary/aromatic N) is 4. The van der Waals surface area contributed by atoms with E-state index in [2.05, 4.69) is 9.97 Å². The first kappa shape index (κ1) is 16.2. The Kier molecular flexibility index (Phi) is 4.10. The Hall–Kier alpha value is -3.25. The van der Waals surface area contributed by atoms with Crippen LogP contribution in [0.2, 0.25) is 0 Å². The van der Waals surface area contributed by atoms with E-state index in [0.29, 0.717) is 17.0 Å². The lowest BCUT2D eigenvalue weighted by Crippen LogP contribution is -2.26. The number of fused-ring (bicyclic) bond motifs is 1. The van der Waals surface area contributed by atoms with Crippen molar-refractivity contribution in [3.8, 4) is 5.69 Å². The largest absolute Gasteiger partial charge is 0.392 e. The lowest BCUT2D eigenvalue weighted by molar-refractivity contribution is 0.282. The molecule has 1 N–H and O–H groups in total. The van der Waals surface area contributed by atoms with Gasteiger partial charge in [0.25, 0.3) is 0 Å². The molecule has 0 bridgehead atoms. The summed E-state index contributed by atoms with van der Waals surface area (Å²) in [6.07, 6.45) is 3.16. The van der Waals surface area contributed by atoms with E-state index < -0.39 is 0 Å². The van der Waals surface area contributed by atoms with Crippen molar-refractivity contribution < 1.29 is 5.11 Å². The number of hydrogen-bond acceptors (Lipinski definition) is 4. The molecule has 0 aliphatic heterocycles. The van der Waals surface area contributed by atoms with Gasteiger partial charge in [-0.2, -0.15) is 0 Å². The molecule has 1 atom stereocenters. The quantitative estimate of drug-likeness (QED) is 0.617. The molecule has 0 saturated carbocycles. The van der Waals surface area contributed by atoms with Gasteiger partial charge in [-0.3, -0.25) is 4.57 Å². The average Bonchev–Trinajstić information content (AvgIpc) is 3.00. The molecule has 6 nitrogen and oxygen atoms in total. The predicted octanol–water partition coefficient (Wildman–Crippen LogP) is 2.68. The minimum absolute atomic E-state index is 0.0900. The van der Waals surface area contributed by atoms with Gasteiger partial charge in [0.2, 0.25) is 0 Å². The zero-order valence-electron chi connectivity index (χ0n) is 14.3. The van der Waals surface area contributed by atoms with Gasteiger partial charge in [0.1, 0.15) is 0 Å². The maximum Gasteiger partial charge on any atom is 0.336 e. The van der Waals surface area contributed by atoms with Gasteiger partial charge in [0.15, 0.2) is 11.3 Å². The zero-order chi connectivity index (χ0) is 18.1. The molecule has 4 aromatic rings. The van der Waals surface area contributed by atoms with Crippen molar-refractivity contribution in [1.29, 1.82) is 0 Å². The molecule has 6 heteroatoms. The van der Waals surface area contributed by atoms with E-state index in [1.54, 1.807) is 27.6 Å². The molecule has 0 amide bonds. The molecular weight excluding hydrogens is 328 g/mol. The normalized spacial score (nSPS) is 12.4. The van der Waals surface area contributed by atoms with Crippen molar-refractivity contribution in [3.63, 3.8) is 0 Å². The average molecular weight is 346 g/mol. The molecule has 4 rings (SSSR count). The lowest BCUT2D eigenvalue weighted by Gasteiger charge is -2.13. The van der Waals surface area contributed by atoms with Crippen LogP contribution in [-0.2, 0) is 6.61 Å². The van der Waals surface area contributed by atoms with Crippen LogP contribution in [0.15, 0.2) is 71.8 Å². The first-order valence-corrected chi connectivity index (χ1v) is 8.40. The summed E-state index contributed by atoms with van der Waals surface area (Å²) in [4.78, 5) is 22.1. The molecule has 0 unspecified atom stereocenters. The summed E-state index contributed by atoms with van der Waals surface area (Å²) >= 11 is 0. The summed E-state index contributed by atoms with van der Waals surface area (Å²) in [5.74, 6) is 0. The van der Waals surface area contributed by atoms with E-state index in [0.717, 1.165) is 11.1 Å². The van der Waals surface area contributed by atoms with Crippen LogP contribution in [0.5, 0.6) is 0 Å². The third-order valence-corrected chi connectivity index (χ3v) is 4.52. The Bertz CT molecular complexity index is 1120. The second-order valence-corrected chi connectivity index (χ2v) is 6.11. The number of aliphatic hydroxyl groups excluding tert-OH is 1. The standard InChI is InChI=1S/C20H18N4O2/c1-14(16-7-3-2-4-8-16)23-18-19(22-11-10-21-18)24(20(23)26)17-9-5-6-15(12-17)13-25/h2-12,14,25H,13H2,1H3/t14-/m0/s1. The van der Waals surface area contributed by atoms with Crippen molar-refractivity contribution in [2.24, 2.45) is 0 Å². The van der Waals surface area contributed by atoms with Crippen LogP contribution in [0.1, 0.15) is 24.1 Å². The molecule has 0 spiro atoms. The zero-order valence-corrected chi connectivity index (χ0v) is 14.3. The topological polar surface area (TPSA) is 72.9 Å². The van der Waals surface area contributed by atoms with Crippen LogP contribution in [0.4, 0.5) is 0 Å². The van der Waals surface area contributed by atoms with Crippen LogP contribution in [0, 0.1) is 0 Å². The van der Waals surface area contributed by atoms with Gasteiger partial charge in [0.05, 0.1) is 18.3 Å². The molecule has 2 aromatic heterocycles. The van der Waals surface area contributed by atoms with Crippen LogP contribution in [0.25, 0.3) is 17.0 Å². The summed E-state index contributed by atoms with van der Waals surface area (Å²) in [6, 6.07) is 16.9. The van der Waals surface area contributed by atoms with E-state index in [4.69, 9.17) is 0 Å². The fourth-order valence-corrected chi connectivity index (χ4v) is 3.20. The van der Waals surface area contributed by atoms with Gasteiger partial charge in [-0.15, -0.1) is 0 Å². The SMILES string of the molecule is C[C@@H](c1ccccc1)n1c(=O)n(-c2cccc(CO)c2)c2nccnc21. The van der Waals surface area contributed by atoms with Gasteiger partial charge < -0.3 is 5.11 Å². The molecule has 2 aromatic carbocycles. The van der Waals surface area contributed by atoms with E-state index in [1.807, 2.05) is 55.5 Å². The fraction of sp³-hybridized carbons (Fsp3) is 0.150. The Morgan fingerprint density at radius 2 is 1.73 bits per heavy atom. The molecule has 130 valence electrons. The van der Waals surface area contributed by atoms with Crippen molar-refractivity contribution >= 4 is 11.3 Å². The lowest BCUT2D eigenvalue weighted by atomic mass is 10.1. The van der Waals surface area contributed by atoms with Crippen molar-refractivity contribution in [2.45, 2.75) is 19.6 Å². The smallest absolute Gasteiger partial charge is 0.336 e. The summed E-state index contributed by atoms with van der Waals surface area (Å²) in [7, 11) is 0. The summed E-state index contributed by atoms with van der Waals surface area (Å²) in [6.45, 7) is 1.88. The predicted molar refractivity (Wildman–Crippen MR) is 99.3 cm³/mol. The number of imidazole rings is 1. The molecule has 0 aliphatic rings. The van der Waals surface area contributed by atoms with Crippen LogP contribution < -0.4 is 5.69 Å². The minimum Gasteiger partial charge on any atom is -0.392 e. The van der Waals surface area contributed by atoms with E-state index in [9.17, 15) is 9.90 Å². The third kappa shape index (κ3) is 2.60. The first-order chi connectivity index (χ1) is 12.7. The Morgan fingerprint density at radius 3 is 2.46 bits per heavy atom. The van der Waals surface area contributed by atoms with Crippen molar-refractivity contribution in [3.05, 3.63) is 88.6 Å². The second-order valence-electron chi connectivity index (χ2n) is 6.11. The molecule has 0 saturated heterocycles. The molecule has 0 fully saturated rings. The third-order valence-electron chi connectivity index (χ3n) is 4.52. The van der Waals surface area contributed by atoms with Crippen LogP contribution in [-0.4, -0.2) is 24.2 Å². The number of rotatable bonds is 4. The molecular formula is C20H18N4O2. The van der Waals surface area contributed by atoms with Gasteiger partial charge in [-0.1, -0.05) is 42.5 Å². The van der Waals surface area contributed by atoms with Crippen LogP contribution in [0.3, 0.4) is 0 Å². The van der Waals surface area contributed by atoms with Gasteiger partial charge in [0, 0.05) is 12.4 Å². The Balaban J connectivity index is 1.99. The monoisotopic (exact) mass is 346 g/mol. The van der Waals surface area contributed by atoms with Crippen LogP contribution >= 0.6 is 0 Å². The molecule has 2 heterocycles. The Morgan fingerprint density at radius 1 is 1.00 bits per heavy atom. The Labute approximate surface area is 150 Å². The fourth-order valence-electron chi connectivity index (χ4n) is 3.20. The van der Waals surface area contributed by atoms with E-state index in [-0.39, 0.29) is 18.3 Å². The summed E-state index contributed by atoms with van der Waals surface area (Å²) in [5.41, 5.74) is 3.22. The minimum atomic E-state index is -0.211. The number of aromatic nitrogens is 4. The molecule has 0 aliphatic carbocycles.